The summed E-state index contributed by atoms with van der Waals surface area (Å²) in [7, 11) is 1.73. The van der Waals surface area contributed by atoms with E-state index in [0.717, 1.165) is 69.6 Å². The predicted octanol–water partition coefficient (Wildman–Crippen LogP) is 4.61. The number of amides is 1. The fourth-order valence-electron chi connectivity index (χ4n) is 4.74. The Balaban J connectivity index is 1.57. The molecule has 0 aliphatic carbocycles. The van der Waals surface area contributed by atoms with Gasteiger partial charge in [-0.2, -0.15) is 0 Å². The third-order valence-electron chi connectivity index (χ3n) is 6.16. The molecule has 3 rings (SSSR count). The van der Waals surface area contributed by atoms with Crippen LogP contribution in [0, 0.1) is 5.41 Å². The third kappa shape index (κ3) is 6.71. The molecule has 2 aliphatic rings. The number of carbonyl (C=O) groups excluding carboxylic acids is 1. The van der Waals surface area contributed by atoms with E-state index in [1.807, 2.05) is 29.2 Å². The van der Waals surface area contributed by atoms with Crippen molar-refractivity contribution < 1.29 is 14.3 Å². The first-order valence-electron chi connectivity index (χ1n) is 11.6. The van der Waals surface area contributed by atoms with Crippen molar-refractivity contribution in [2.75, 3.05) is 39.9 Å². The molecule has 30 heavy (non-hydrogen) atoms. The van der Waals surface area contributed by atoms with Crippen LogP contribution < -0.4 is 4.74 Å². The lowest BCUT2D eigenvalue weighted by molar-refractivity contribution is 0.0551. The fraction of sp³-hybridized carbons (Fsp3) is 0.720. The highest BCUT2D eigenvalue weighted by atomic mass is 16.5. The second-order valence-electron chi connectivity index (χ2n) is 10.1. The monoisotopic (exact) mass is 416 g/mol. The highest BCUT2D eigenvalue weighted by Gasteiger charge is 2.28. The molecular formula is C25H40N2O3. The Morgan fingerprint density at radius 1 is 1.10 bits per heavy atom. The third-order valence-corrected chi connectivity index (χ3v) is 6.16. The zero-order valence-electron chi connectivity index (χ0n) is 19.4. The number of nitrogens with zero attached hydrogens (tertiary/aromatic N) is 2. The van der Waals surface area contributed by atoms with Gasteiger partial charge in [0.05, 0.1) is 0 Å². The normalized spacial score (nSPS) is 21.6. The number of hydrogen-bond acceptors (Lipinski definition) is 4. The van der Waals surface area contributed by atoms with Crippen LogP contribution in [0.15, 0.2) is 24.3 Å². The maximum absolute atomic E-state index is 13.2. The lowest BCUT2D eigenvalue weighted by Gasteiger charge is -2.36. The summed E-state index contributed by atoms with van der Waals surface area (Å²) in [5, 5.41) is 0. The highest BCUT2D eigenvalue weighted by Crippen LogP contribution is 2.26. The van der Waals surface area contributed by atoms with E-state index in [1.54, 1.807) is 7.11 Å². The lowest BCUT2D eigenvalue weighted by Crippen LogP contribution is -2.44. The number of piperidine rings is 2. The van der Waals surface area contributed by atoms with Crippen molar-refractivity contribution in [2.24, 2.45) is 5.41 Å². The van der Waals surface area contributed by atoms with E-state index in [4.69, 9.17) is 9.47 Å². The van der Waals surface area contributed by atoms with Gasteiger partial charge in [-0.05, 0) is 62.1 Å². The van der Waals surface area contributed by atoms with Crippen LogP contribution in [0.25, 0.3) is 0 Å². The maximum Gasteiger partial charge on any atom is 0.254 e. The van der Waals surface area contributed by atoms with Gasteiger partial charge < -0.3 is 19.3 Å². The minimum absolute atomic E-state index is 0.126. The molecule has 0 spiro atoms. The molecule has 1 aromatic rings. The molecular weight excluding hydrogens is 376 g/mol. The van der Waals surface area contributed by atoms with Gasteiger partial charge in [-0.25, -0.2) is 0 Å². The molecule has 0 bridgehead atoms. The minimum Gasteiger partial charge on any atom is -0.490 e. The summed E-state index contributed by atoms with van der Waals surface area (Å²) in [6.45, 7) is 11.7. The fourth-order valence-corrected chi connectivity index (χ4v) is 4.74. The number of methoxy groups -OCH3 is 1. The summed E-state index contributed by atoms with van der Waals surface area (Å²) < 4.78 is 11.5. The molecule has 5 heteroatoms. The van der Waals surface area contributed by atoms with E-state index < -0.39 is 0 Å². The molecule has 0 radical (unpaired) electrons. The summed E-state index contributed by atoms with van der Waals surface area (Å²) in [5.41, 5.74) is 1.07. The lowest BCUT2D eigenvalue weighted by atomic mass is 9.94. The number of ether oxygens (including phenoxy) is 2. The molecule has 1 amide bonds. The quantitative estimate of drug-likeness (QED) is 0.651. The predicted molar refractivity (Wildman–Crippen MR) is 121 cm³/mol. The van der Waals surface area contributed by atoms with Crippen LogP contribution in [0.3, 0.4) is 0 Å². The molecule has 168 valence electrons. The van der Waals surface area contributed by atoms with Gasteiger partial charge in [0.25, 0.3) is 5.91 Å². The van der Waals surface area contributed by atoms with Crippen LogP contribution in [0.1, 0.15) is 69.7 Å². The zero-order valence-corrected chi connectivity index (χ0v) is 19.4. The average molecular weight is 417 g/mol. The van der Waals surface area contributed by atoms with Crippen molar-refractivity contribution in [1.29, 1.82) is 0 Å². The first kappa shape index (κ1) is 23.1. The Morgan fingerprint density at radius 2 is 1.87 bits per heavy atom. The molecule has 2 saturated heterocycles. The first-order valence-corrected chi connectivity index (χ1v) is 11.6. The van der Waals surface area contributed by atoms with Crippen LogP contribution in [-0.4, -0.2) is 67.7 Å². The highest BCUT2D eigenvalue weighted by molar-refractivity contribution is 5.94. The van der Waals surface area contributed by atoms with Gasteiger partial charge >= 0.3 is 0 Å². The van der Waals surface area contributed by atoms with E-state index in [1.165, 1.54) is 6.42 Å². The molecule has 1 unspecified atom stereocenters. The molecule has 2 fully saturated rings. The molecule has 5 nitrogen and oxygen atoms in total. The van der Waals surface area contributed by atoms with E-state index in [2.05, 4.69) is 25.7 Å². The summed E-state index contributed by atoms with van der Waals surface area (Å²) in [5.74, 6) is 0.946. The molecule has 2 heterocycles. The summed E-state index contributed by atoms with van der Waals surface area (Å²) >= 11 is 0. The number of benzene rings is 1. The van der Waals surface area contributed by atoms with Crippen LogP contribution >= 0.6 is 0 Å². The van der Waals surface area contributed by atoms with Crippen molar-refractivity contribution in [2.45, 2.75) is 71.4 Å². The Hall–Kier alpha value is -1.59. The van der Waals surface area contributed by atoms with E-state index >= 15 is 0 Å². The van der Waals surface area contributed by atoms with Gasteiger partial charge in [0.15, 0.2) is 0 Å². The smallest absolute Gasteiger partial charge is 0.254 e. The Labute approximate surface area is 182 Å². The van der Waals surface area contributed by atoms with Crippen molar-refractivity contribution in [3.8, 4) is 5.75 Å². The summed E-state index contributed by atoms with van der Waals surface area (Å²) in [6.07, 6.45) is 6.56. The Bertz CT molecular complexity index is 677. The largest absolute Gasteiger partial charge is 0.490 e. The van der Waals surface area contributed by atoms with Crippen LogP contribution in [0.2, 0.25) is 0 Å². The van der Waals surface area contributed by atoms with Gasteiger partial charge in [0.1, 0.15) is 11.9 Å². The van der Waals surface area contributed by atoms with Gasteiger partial charge in [-0.1, -0.05) is 26.8 Å². The van der Waals surface area contributed by atoms with Crippen molar-refractivity contribution in [3.05, 3.63) is 29.8 Å². The summed E-state index contributed by atoms with van der Waals surface area (Å²) in [6, 6.07) is 8.07. The number of hydrogen-bond donors (Lipinski definition) is 0. The molecule has 0 saturated carbocycles. The Kier molecular flexibility index (Phi) is 8.18. The van der Waals surface area contributed by atoms with Crippen molar-refractivity contribution in [3.63, 3.8) is 0 Å². The number of likely N-dealkylation sites (tertiary alicyclic amines) is 2. The maximum atomic E-state index is 13.2. The second kappa shape index (κ2) is 10.6. The number of rotatable bonds is 7. The van der Waals surface area contributed by atoms with Gasteiger partial charge in [0.2, 0.25) is 0 Å². The van der Waals surface area contributed by atoms with Crippen molar-refractivity contribution in [1.82, 2.24) is 9.80 Å². The molecule has 0 N–H and O–H groups in total. The Morgan fingerprint density at radius 3 is 2.57 bits per heavy atom. The minimum atomic E-state index is 0.126. The average Bonchev–Trinajstić information content (AvgIpc) is 2.72. The molecule has 1 aromatic carbocycles. The topological polar surface area (TPSA) is 42.0 Å². The van der Waals surface area contributed by atoms with Crippen LogP contribution in [0.5, 0.6) is 5.75 Å². The molecule has 1 atom stereocenters. The standard InChI is InChI=1S/C25H40N2O3/c1-25(2,3)19-26-15-11-22(12-16-26)30-23-10-7-8-20(18-23)24(28)27-14-6-5-9-21(27)13-17-29-4/h7-8,10,18,21-22H,5-6,9,11-17,19H2,1-4H3. The van der Waals surface area contributed by atoms with E-state index in [9.17, 15) is 4.79 Å². The van der Waals surface area contributed by atoms with Gasteiger partial charge in [-0.15, -0.1) is 0 Å². The SMILES string of the molecule is COCCC1CCCCN1C(=O)c1cccc(OC2CCN(CC(C)(C)C)CC2)c1. The molecule has 2 aliphatic heterocycles. The summed E-state index contributed by atoms with van der Waals surface area (Å²) in [4.78, 5) is 17.8. The van der Waals surface area contributed by atoms with Crippen LogP contribution in [-0.2, 0) is 4.74 Å². The van der Waals surface area contributed by atoms with E-state index in [-0.39, 0.29) is 18.1 Å². The van der Waals surface area contributed by atoms with Crippen molar-refractivity contribution >= 4 is 5.91 Å². The second-order valence-corrected chi connectivity index (χ2v) is 10.1. The first-order chi connectivity index (χ1) is 14.4. The zero-order chi connectivity index (χ0) is 21.6. The van der Waals surface area contributed by atoms with Gasteiger partial charge in [0, 0.05) is 51.5 Å². The van der Waals surface area contributed by atoms with Gasteiger partial charge in [-0.3, -0.25) is 4.79 Å². The number of carbonyl (C=O) groups is 1. The molecule has 0 aromatic heterocycles. The van der Waals surface area contributed by atoms with Crippen LogP contribution in [0.4, 0.5) is 0 Å². The van der Waals surface area contributed by atoms with E-state index in [0.29, 0.717) is 12.0 Å².